The zero-order valence-corrected chi connectivity index (χ0v) is 11.5. The number of piperidine rings is 1. The molecule has 0 radical (unpaired) electrons. The molecule has 0 bridgehead atoms. The van der Waals surface area contributed by atoms with Gasteiger partial charge in [0.1, 0.15) is 6.10 Å². The quantitative estimate of drug-likeness (QED) is 0.818. The largest absolute Gasteiger partial charge is 0.481 e. The first-order valence-corrected chi connectivity index (χ1v) is 7.80. The number of aliphatic carboxylic acids is 1. The number of carboxylic acid groups (broad SMARTS) is 1. The molecular formula is C15H21NO4. The van der Waals surface area contributed by atoms with Crippen molar-refractivity contribution in [1.29, 1.82) is 0 Å². The fraction of sp³-hybridized carbons (Fsp3) is 0.867. The molecule has 4 rings (SSSR count). The zero-order valence-electron chi connectivity index (χ0n) is 11.5. The average molecular weight is 279 g/mol. The highest BCUT2D eigenvalue weighted by Gasteiger charge is 2.58. The molecule has 1 N–H and O–H groups in total. The lowest BCUT2D eigenvalue weighted by molar-refractivity contribution is -0.144. The van der Waals surface area contributed by atoms with E-state index in [9.17, 15) is 9.59 Å². The molecule has 4 aliphatic rings. The van der Waals surface area contributed by atoms with Crippen LogP contribution < -0.4 is 0 Å². The van der Waals surface area contributed by atoms with Gasteiger partial charge in [0.2, 0.25) is 0 Å². The van der Waals surface area contributed by atoms with Crippen LogP contribution in [0.5, 0.6) is 0 Å². The lowest BCUT2D eigenvalue weighted by atomic mass is 9.93. The first kappa shape index (κ1) is 12.6. The van der Waals surface area contributed by atoms with Gasteiger partial charge in [0.15, 0.2) is 0 Å². The molecule has 2 aliphatic heterocycles. The van der Waals surface area contributed by atoms with Crippen LogP contribution in [0.3, 0.4) is 0 Å². The molecule has 0 aromatic carbocycles. The second kappa shape index (κ2) is 4.45. The van der Waals surface area contributed by atoms with Gasteiger partial charge >= 0.3 is 5.97 Å². The second-order valence-corrected chi connectivity index (χ2v) is 6.87. The molecule has 110 valence electrons. The Kier molecular flexibility index (Phi) is 2.81. The highest BCUT2D eigenvalue weighted by Crippen LogP contribution is 2.52. The summed E-state index contributed by atoms with van der Waals surface area (Å²) >= 11 is 0. The Morgan fingerprint density at radius 3 is 2.75 bits per heavy atom. The predicted molar refractivity (Wildman–Crippen MR) is 69.9 cm³/mol. The Labute approximate surface area is 118 Å². The summed E-state index contributed by atoms with van der Waals surface area (Å²) in [5.74, 6) is 0.697. The molecule has 2 saturated carbocycles. The summed E-state index contributed by atoms with van der Waals surface area (Å²) in [6, 6.07) is 0. The molecule has 0 aromatic rings. The van der Waals surface area contributed by atoms with Crippen molar-refractivity contribution in [2.45, 2.75) is 31.8 Å². The number of carbonyl (C=O) groups is 2. The van der Waals surface area contributed by atoms with Crippen molar-refractivity contribution in [1.82, 2.24) is 4.90 Å². The minimum atomic E-state index is -0.692. The van der Waals surface area contributed by atoms with Crippen molar-refractivity contribution in [3.63, 3.8) is 0 Å². The SMILES string of the molecule is O=C(O)[C@@H]1[C@@H]2CCN(C(=O)[C@@H]3OC[C@@H]4CCC[C@@H]43)C[C@@H]21. The number of ether oxygens (including phenoxy) is 1. The number of rotatable bonds is 2. The maximum atomic E-state index is 12.6. The standard InChI is InChI=1S/C15H21NO4/c17-14(13-9-3-1-2-8(9)7-20-13)16-5-4-10-11(6-16)12(10)15(18)19/h8-13H,1-7H2,(H,18,19)/t8-,9-,10+,11-,12+,13+/m0/s1. The Morgan fingerprint density at radius 2 is 1.95 bits per heavy atom. The highest BCUT2D eigenvalue weighted by atomic mass is 16.5. The fourth-order valence-electron chi connectivity index (χ4n) is 4.76. The van der Waals surface area contributed by atoms with E-state index in [-0.39, 0.29) is 23.8 Å². The van der Waals surface area contributed by atoms with Crippen molar-refractivity contribution in [2.24, 2.45) is 29.6 Å². The molecule has 0 spiro atoms. The van der Waals surface area contributed by atoms with Gasteiger partial charge in [0, 0.05) is 13.1 Å². The third kappa shape index (κ3) is 1.79. The summed E-state index contributed by atoms with van der Waals surface area (Å²) in [5, 5.41) is 9.12. The molecule has 5 nitrogen and oxygen atoms in total. The maximum absolute atomic E-state index is 12.6. The normalized spacial score (nSPS) is 45.9. The number of amides is 1. The Bertz CT molecular complexity index is 451. The van der Waals surface area contributed by atoms with E-state index < -0.39 is 5.97 Å². The van der Waals surface area contributed by atoms with Gasteiger partial charge in [-0.3, -0.25) is 9.59 Å². The van der Waals surface area contributed by atoms with Gasteiger partial charge in [0.25, 0.3) is 5.91 Å². The summed E-state index contributed by atoms with van der Waals surface area (Å²) in [7, 11) is 0. The van der Waals surface area contributed by atoms with Crippen LogP contribution in [0, 0.1) is 29.6 Å². The van der Waals surface area contributed by atoms with Crippen molar-refractivity contribution in [3.05, 3.63) is 0 Å². The summed E-state index contributed by atoms with van der Waals surface area (Å²) in [4.78, 5) is 25.6. The molecule has 5 heteroatoms. The summed E-state index contributed by atoms with van der Waals surface area (Å²) in [5.41, 5.74) is 0. The summed E-state index contributed by atoms with van der Waals surface area (Å²) in [6.45, 7) is 2.07. The molecule has 0 unspecified atom stereocenters. The first-order chi connectivity index (χ1) is 9.66. The summed E-state index contributed by atoms with van der Waals surface area (Å²) < 4.78 is 5.75. The first-order valence-electron chi connectivity index (χ1n) is 7.80. The Morgan fingerprint density at radius 1 is 1.10 bits per heavy atom. The van der Waals surface area contributed by atoms with Crippen LogP contribution in [0.1, 0.15) is 25.7 Å². The number of fused-ring (bicyclic) bond motifs is 2. The van der Waals surface area contributed by atoms with E-state index in [1.54, 1.807) is 0 Å². The number of hydrogen-bond acceptors (Lipinski definition) is 3. The van der Waals surface area contributed by atoms with E-state index in [0.29, 0.717) is 30.8 Å². The molecule has 2 aliphatic carbocycles. The number of nitrogens with zero attached hydrogens (tertiary/aromatic N) is 1. The topological polar surface area (TPSA) is 66.8 Å². The lowest BCUT2D eigenvalue weighted by Gasteiger charge is -2.30. The van der Waals surface area contributed by atoms with Crippen LogP contribution >= 0.6 is 0 Å². The molecule has 20 heavy (non-hydrogen) atoms. The third-order valence-corrected chi connectivity index (χ3v) is 5.93. The van der Waals surface area contributed by atoms with E-state index >= 15 is 0 Å². The van der Waals surface area contributed by atoms with E-state index in [0.717, 1.165) is 19.4 Å². The van der Waals surface area contributed by atoms with Crippen molar-refractivity contribution in [3.8, 4) is 0 Å². The van der Waals surface area contributed by atoms with E-state index in [2.05, 4.69) is 0 Å². The molecular weight excluding hydrogens is 258 g/mol. The predicted octanol–water partition coefficient (Wildman–Crippen LogP) is 0.981. The summed E-state index contributed by atoms with van der Waals surface area (Å²) in [6.07, 6.45) is 4.11. The van der Waals surface area contributed by atoms with E-state index in [1.807, 2.05) is 4.90 Å². The van der Waals surface area contributed by atoms with Crippen LogP contribution in [0.2, 0.25) is 0 Å². The van der Waals surface area contributed by atoms with Gasteiger partial charge in [-0.25, -0.2) is 0 Å². The van der Waals surface area contributed by atoms with Crippen LogP contribution in [0.4, 0.5) is 0 Å². The monoisotopic (exact) mass is 279 g/mol. The molecule has 1 amide bonds. The second-order valence-electron chi connectivity index (χ2n) is 6.87. The Balaban J connectivity index is 1.41. The van der Waals surface area contributed by atoms with E-state index in [1.165, 1.54) is 12.8 Å². The molecule has 0 aromatic heterocycles. The molecule has 4 fully saturated rings. The highest BCUT2D eigenvalue weighted by molar-refractivity contribution is 5.82. The lowest BCUT2D eigenvalue weighted by Crippen LogP contribution is -2.45. The minimum Gasteiger partial charge on any atom is -0.481 e. The molecule has 2 heterocycles. The van der Waals surface area contributed by atoms with Gasteiger partial charge < -0.3 is 14.7 Å². The fourth-order valence-corrected chi connectivity index (χ4v) is 4.76. The van der Waals surface area contributed by atoms with Crippen LogP contribution in [0.15, 0.2) is 0 Å². The number of likely N-dealkylation sites (tertiary alicyclic amines) is 1. The number of carboxylic acids is 1. The number of carbonyl (C=O) groups excluding carboxylic acids is 1. The maximum Gasteiger partial charge on any atom is 0.307 e. The van der Waals surface area contributed by atoms with Gasteiger partial charge in [0.05, 0.1) is 12.5 Å². The third-order valence-electron chi connectivity index (χ3n) is 5.93. The van der Waals surface area contributed by atoms with E-state index in [4.69, 9.17) is 9.84 Å². The minimum absolute atomic E-state index is 0.119. The van der Waals surface area contributed by atoms with Gasteiger partial charge in [-0.1, -0.05) is 6.42 Å². The molecule has 6 atom stereocenters. The van der Waals surface area contributed by atoms with Crippen LogP contribution in [0.25, 0.3) is 0 Å². The van der Waals surface area contributed by atoms with Crippen LogP contribution in [-0.2, 0) is 14.3 Å². The van der Waals surface area contributed by atoms with Gasteiger partial charge in [-0.05, 0) is 42.9 Å². The van der Waals surface area contributed by atoms with Crippen molar-refractivity contribution >= 4 is 11.9 Å². The average Bonchev–Trinajstić information content (AvgIpc) is 2.76. The van der Waals surface area contributed by atoms with Crippen molar-refractivity contribution < 1.29 is 19.4 Å². The smallest absolute Gasteiger partial charge is 0.307 e. The van der Waals surface area contributed by atoms with Crippen molar-refractivity contribution in [2.75, 3.05) is 19.7 Å². The van der Waals surface area contributed by atoms with Gasteiger partial charge in [-0.2, -0.15) is 0 Å². The van der Waals surface area contributed by atoms with Gasteiger partial charge in [-0.15, -0.1) is 0 Å². The number of hydrogen-bond donors (Lipinski definition) is 1. The zero-order chi connectivity index (χ0) is 13.9. The molecule has 2 saturated heterocycles. The Hall–Kier alpha value is -1.10. The van der Waals surface area contributed by atoms with Crippen LogP contribution in [-0.4, -0.2) is 47.7 Å².